The third-order valence-electron chi connectivity index (χ3n) is 6.24. The van der Waals surface area contributed by atoms with Gasteiger partial charge in [-0.05, 0) is 30.3 Å². The third kappa shape index (κ3) is 3.02. The first-order valence-corrected chi connectivity index (χ1v) is 10.8. The number of rotatable bonds is 4. The normalized spacial score (nSPS) is 18.2. The number of benzene rings is 3. The molecule has 2 atom stereocenters. The Morgan fingerprint density at radius 2 is 1.79 bits per heavy atom. The van der Waals surface area contributed by atoms with Crippen LogP contribution in [0.3, 0.4) is 0 Å². The minimum atomic E-state index is -0.583. The summed E-state index contributed by atoms with van der Waals surface area (Å²) in [5, 5.41) is 7.85. The molecule has 0 saturated carbocycles. The first-order chi connectivity index (χ1) is 16.7. The van der Waals surface area contributed by atoms with E-state index in [2.05, 4.69) is 15.4 Å². The summed E-state index contributed by atoms with van der Waals surface area (Å²) in [5.41, 5.74) is 3.77. The quantitative estimate of drug-likeness (QED) is 0.466. The highest BCUT2D eigenvalue weighted by Gasteiger charge is 2.42. The second-order valence-electron chi connectivity index (χ2n) is 8.01. The van der Waals surface area contributed by atoms with Crippen LogP contribution in [0.1, 0.15) is 28.8 Å². The van der Waals surface area contributed by atoms with Crippen molar-refractivity contribution >= 4 is 11.6 Å². The number of ether oxygens (including phenoxy) is 3. The second-order valence-corrected chi connectivity index (χ2v) is 8.01. The maximum Gasteiger partial charge on any atom is 0.226 e. The van der Waals surface area contributed by atoms with Crippen molar-refractivity contribution in [1.82, 2.24) is 14.8 Å². The van der Waals surface area contributed by atoms with E-state index in [9.17, 15) is 0 Å². The van der Waals surface area contributed by atoms with E-state index in [1.54, 1.807) is 31.0 Å². The molecule has 0 fully saturated rings. The number of aromatic nitrogens is 3. The number of anilines is 1. The molecule has 3 heterocycles. The van der Waals surface area contributed by atoms with Gasteiger partial charge >= 0.3 is 0 Å². The largest absolute Gasteiger partial charge is 0.497 e. The fraction of sp³-hybridized carbons (Fsp3) is 0.154. The van der Waals surface area contributed by atoms with E-state index >= 15 is 4.39 Å². The highest BCUT2D eigenvalue weighted by atomic mass is 19.1. The summed E-state index contributed by atoms with van der Waals surface area (Å²) in [4.78, 5) is 4.38. The Balaban J connectivity index is 1.64. The van der Waals surface area contributed by atoms with Crippen LogP contribution in [0.15, 0.2) is 78.6 Å². The van der Waals surface area contributed by atoms with Gasteiger partial charge in [0.1, 0.15) is 35.4 Å². The van der Waals surface area contributed by atoms with Crippen LogP contribution < -0.4 is 19.5 Å². The van der Waals surface area contributed by atoms with Crippen LogP contribution in [0.25, 0.3) is 5.70 Å². The van der Waals surface area contributed by atoms with Crippen molar-refractivity contribution in [2.45, 2.75) is 12.1 Å². The summed E-state index contributed by atoms with van der Waals surface area (Å²) in [7, 11) is 3.21. The van der Waals surface area contributed by atoms with Crippen LogP contribution in [0.4, 0.5) is 10.3 Å². The van der Waals surface area contributed by atoms with Gasteiger partial charge in [-0.15, -0.1) is 0 Å². The van der Waals surface area contributed by atoms with Crippen molar-refractivity contribution in [3.63, 3.8) is 0 Å². The highest BCUT2D eigenvalue weighted by Crippen LogP contribution is 2.52. The Labute approximate surface area is 195 Å². The molecule has 2 aliphatic heterocycles. The predicted molar refractivity (Wildman–Crippen MR) is 124 cm³/mol. The number of nitrogens with zero attached hydrogens (tertiary/aromatic N) is 3. The molecule has 0 aliphatic carbocycles. The number of halogens is 1. The molecule has 170 valence electrons. The summed E-state index contributed by atoms with van der Waals surface area (Å²) >= 11 is 0. The Morgan fingerprint density at radius 1 is 0.971 bits per heavy atom. The fourth-order valence-electron chi connectivity index (χ4n) is 4.71. The number of fused-ring (bicyclic) bond motifs is 3. The average molecular weight is 456 g/mol. The number of methoxy groups -OCH3 is 2. The van der Waals surface area contributed by atoms with E-state index in [1.807, 2.05) is 48.5 Å². The molecule has 34 heavy (non-hydrogen) atoms. The molecule has 1 N–H and O–H groups in total. The average Bonchev–Trinajstić information content (AvgIpc) is 3.35. The molecule has 6 rings (SSSR count). The van der Waals surface area contributed by atoms with Crippen LogP contribution in [0, 0.1) is 5.82 Å². The lowest BCUT2D eigenvalue weighted by molar-refractivity contribution is 0.217. The van der Waals surface area contributed by atoms with Crippen molar-refractivity contribution in [2.75, 3.05) is 19.5 Å². The van der Waals surface area contributed by atoms with Crippen LogP contribution in [0.2, 0.25) is 0 Å². The SMILES string of the molecule is COc1ccc([C@H]2Oc3ccccc3C3=C2[C@@H](c2ccccc2F)n2ncnc2N3)c(OC)c1. The van der Waals surface area contributed by atoms with Crippen molar-refractivity contribution in [3.05, 3.63) is 101 Å². The summed E-state index contributed by atoms with van der Waals surface area (Å²) in [6.45, 7) is 0. The van der Waals surface area contributed by atoms with Gasteiger partial charge in [-0.1, -0.05) is 30.3 Å². The van der Waals surface area contributed by atoms with Gasteiger partial charge in [0.15, 0.2) is 6.10 Å². The van der Waals surface area contributed by atoms with Gasteiger partial charge in [0.25, 0.3) is 0 Å². The molecule has 0 radical (unpaired) electrons. The summed E-state index contributed by atoms with van der Waals surface area (Å²) in [5.74, 6) is 2.17. The molecule has 0 spiro atoms. The molecular formula is C26H21FN4O3. The zero-order valence-corrected chi connectivity index (χ0v) is 18.5. The molecule has 4 aromatic rings. The molecule has 3 aromatic carbocycles. The minimum Gasteiger partial charge on any atom is -0.497 e. The lowest BCUT2D eigenvalue weighted by Gasteiger charge is -2.39. The van der Waals surface area contributed by atoms with Crippen LogP contribution in [-0.2, 0) is 0 Å². The summed E-state index contributed by atoms with van der Waals surface area (Å²) in [6, 6.07) is 19.5. The Hall–Kier alpha value is -4.33. The fourth-order valence-corrected chi connectivity index (χ4v) is 4.71. The zero-order chi connectivity index (χ0) is 23.2. The molecule has 0 saturated heterocycles. The van der Waals surface area contributed by atoms with E-state index in [0.717, 1.165) is 22.4 Å². The third-order valence-corrected chi connectivity index (χ3v) is 6.24. The predicted octanol–water partition coefficient (Wildman–Crippen LogP) is 4.99. The Morgan fingerprint density at radius 3 is 2.62 bits per heavy atom. The Bertz CT molecular complexity index is 1430. The monoisotopic (exact) mass is 456 g/mol. The molecule has 0 unspecified atom stereocenters. The first kappa shape index (κ1) is 20.3. The topological polar surface area (TPSA) is 70.4 Å². The molecule has 2 aliphatic rings. The Kier molecular flexibility index (Phi) is 4.72. The lowest BCUT2D eigenvalue weighted by atomic mass is 9.84. The van der Waals surface area contributed by atoms with Crippen molar-refractivity contribution in [3.8, 4) is 17.2 Å². The second kappa shape index (κ2) is 7.91. The molecule has 8 heteroatoms. The molecular weight excluding hydrogens is 435 g/mol. The molecule has 0 amide bonds. The van der Waals surface area contributed by atoms with Gasteiger partial charge in [0, 0.05) is 28.3 Å². The smallest absolute Gasteiger partial charge is 0.226 e. The maximum absolute atomic E-state index is 15.2. The van der Waals surface area contributed by atoms with Crippen LogP contribution in [-0.4, -0.2) is 29.0 Å². The van der Waals surface area contributed by atoms with Gasteiger partial charge in [-0.3, -0.25) is 0 Å². The van der Waals surface area contributed by atoms with Crippen LogP contribution >= 0.6 is 0 Å². The van der Waals surface area contributed by atoms with Crippen molar-refractivity contribution in [2.24, 2.45) is 0 Å². The van der Waals surface area contributed by atoms with Crippen molar-refractivity contribution < 1.29 is 18.6 Å². The maximum atomic E-state index is 15.2. The van der Waals surface area contributed by atoms with Gasteiger partial charge in [0.2, 0.25) is 5.95 Å². The zero-order valence-electron chi connectivity index (χ0n) is 18.5. The van der Waals surface area contributed by atoms with Gasteiger partial charge in [-0.2, -0.15) is 10.1 Å². The number of hydrogen-bond acceptors (Lipinski definition) is 6. The number of para-hydroxylation sites is 1. The van der Waals surface area contributed by atoms with Crippen LogP contribution in [0.5, 0.6) is 17.2 Å². The van der Waals surface area contributed by atoms with Gasteiger partial charge in [-0.25, -0.2) is 9.07 Å². The van der Waals surface area contributed by atoms with E-state index in [0.29, 0.717) is 28.8 Å². The van der Waals surface area contributed by atoms with E-state index in [-0.39, 0.29) is 5.82 Å². The van der Waals surface area contributed by atoms with Gasteiger partial charge < -0.3 is 19.5 Å². The lowest BCUT2D eigenvalue weighted by Crippen LogP contribution is -2.33. The number of hydrogen-bond donors (Lipinski definition) is 1. The van der Waals surface area contributed by atoms with E-state index in [1.165, 1.54) is 12.4 Å². The standard InChI is InChI=1S/C26H21FN4O3/c1-32-15-11-12-18(21(13-15)33-2)25-22-23(17-8-4-6-10-20(17)34-25)30-26-28-14-29-31(26)24(22)16-7-3-5-9-19(16)27/h3-14,24-25H,1-2H3,(H,28,29,30)/t24-,25-/m1/s1. The molecule has 0 bridgehead atoms. The van der Waals surface area contributed by atoms with Crippen molar-refractivity contribution in [1.29, 1.82) is 0 Å². The highest BCUT2D eigenvalue weighted by molar-refractivity contribution is 5.85. The summed E-state index contributed by atoms with van der Waals surface area (Å²) < 4.78 is 34.6. The number of nitrogens with one attached hydrogen (secondary N) is 1. The first-order valence-electron chi connectivity index (χ1n) is 10.8. The van der Waals surface area contributed by atoms with E-state index < -0.39 is 12.1 Å². The summed E-state index contributed by atoms with van der Waals surface area (Å²) in [6.07, 6.45) is 0.880. The minimum absolute atomic E-state index is 0.331. The van der Waals surface area contributed by atoms with Gasteiger partial charge in [0.05, 0.1) is 19.9 Å². The van der Waals surface area contributed by atoms with E-state index in [4.69, 9.17) is 14.2 Å². The molecule has 1 aromatic heterocycles. The molecule has 7 nitrogen and oxygen atoms in total.